The molecule has 2 N–H and O–H groups in total. The van der Waals surface area contributed by atoms with Gasteiger partial charge in [0.1, 0.15) is 0 Å². The summed E-state index contributed by atoms with van der Waals surface area (Å²) in [7, 11) is 0. The summed E-state index contributed by atoms with van der Waals surface area (Å²) in [6.07, 6.45) is 3.32. The molecule has 0 aromatic carbocycles. The van der Waals surface area contributed by atoms with Crippen molar-refractivity contribution in [3.63, 3.8) is 0 Å². The fourth-order valence-electron chi connectivity index (χ4n) is 1.93. The molecule has 1 aromatic rings. The molecule has 19 heavy (non-hydrogen) atoms. The van der Waals surface area contributed by atoms with Gasteiger partial charge >= 0.3 is 5.97 Å². The van der Waals surface area contributed by atoms with E-state index in [-0.39, 0.29) is 16.3 Å². The van der Waals surface area contributed by atoms with Gasteiger partial charge in [-0.3, -0.25) is 4.79 Å². The molecule has 7 nitrogen and oxygen atoms in total. The maximum Gasteiger partial charge on any atom is 0.358 e. The molecule has 1 aromatic heterocycles. The third kappa shape index (κ3) is 3.25. The topological polar surface area (TPSA) is 97.1 Å². The summed E-state index contributed by atoms with van der Waals surface area (Å²) in [6, 6.07) is 0. The smallest absolute Gasteiger partial charge is 0.358 e. The van der Waals surface area contributed by atoms with E-state index in [9.17, 15) is 9.59 Å². The zero-order chi connectivity index (χ0) is 13.9. The highest BCUT2D eigenvalue weighted by atomic mass is 32.2. The molecule has 1 fully saturated rings. The SMILES string of the molecule is CC1(C(=O)NCCn2cc(C(=O)O)nn2)CCCS1. The van der Waals surface area contributed by atoms with Gasteiger partial charge in [-0.2, -0.15) is 0 Å². The zero-order valence-corrected chi connectivity index (χ0v) is 11.4. The molecule has 0 bridgehead atoms. The van der Waals surface area contributed by atoms with Gasteiger partial charge in [0, 0.05) is 6.54 Å². The van der Waals surface area contributed by atoms with Crippen molar-refractivity contribution in [1.82, 2.24) is 20.3 Å². The molecule has 0 radical (unpaired) electrons. The van der Waals surface area contributed by atoms with Crippen molar-refractivity contribution < 1.29 is 14.7 Å². The van der Waals surface area contributed by atoms with Crippen molar-refractivity contribution >= 4 is 23.6 Å². The third-order valence-electron chi connectivity index (χ3n) is 3.08. The second-order valence-electron chi connectivity index (χ2n) is 4.61. The lowest BCUT2D eigenvalue weighted by Crippen LogP contribution is -2.41. The molecule has 104 valence electrons. The minimum atomic E-state index is -1.11. The Kier molecular flexibility index (Phi) is 4.08. The normalized spacial score (nSPS) is 22.4. The second kappa shape index (κ2) is 5.60. The highest BCUT2D eigenvalue weighted by molar-refractivity contribution is 8.01. The van der Waals surface area contributed by atoms with E-state index in [2.05, 4.69) is 15.6 Å². The van der Waals surface area contributed by atoms with Gasteiger partial charge in [0.2, 0.25) is 5.91 Å². The van der Waals surface area contributed by atoms with E-state index in [4.69, 9.17) is 5.11 Å². The largest absolute Gasteiger partial charge is 0.476 e. The molecule has 1 aliphatic heterocycles. The van der Waals surface area contributed by atoms with Gasteiger partial charge in [0.15, 0.2) is 5.69 Å². The van der Waals surface area contributed by atoms with Crippen molar-refractivity contribution in [1.29, 1.82) is 0 Å². The number of aromatic carboxylic acids is 1. The van der Waals surface area contributed by atoms with E-state index in [1.54, 1.807) is 11.8 Å². The Morgan fingerprint density at radius 3 is 3.00 bits per heavy atom. The molecule has 1 atom stereocenters. The predicted molar refractivity (Wildman–Crippen MR) is 70.1 cm³/mol. The van der Waals surface area contributed by atoms with Crippen molar-refractivity contribution in [2.75, 3.05) is 12.3 Å². The monoisotopic (exact) mass is 284 g/mol. The number of amides is 1. The number of nitrogens with zero attached hydrogens (tertiary/aromatic N) is 3. The minimum absolute atomic E-state index is 0.0357. The highest BCUT2D eigenvalue weighted by Gasteiger charge is 2.36. The van der Waals surface area contributed by atoms with Crippen molar-refractivity contribution in [3.05, 3.63) is 11.9 Å². The molecule has 1 aliphatic rings. The number of carbonyl (C=O) groups excluding carboxylic acids is 1. The van der Waals surface area contributed by atoms with Crippen LogP contribution in [0.1, 0.15) is 30.3 Å². The number of thioether (sulfide) groups is 1. The van der Waals surface area contributed by atoms with Crippen LogP contribution in [0.2, 0.25) is 0 Å². The summed E-state index contributed by atoms with van der Waals surface area (Å²) in [5.41, 5.74) is -0.0929. The van der Waals surface area contributed by atoms with E-state index in [0.717, 1.165) is 18.6 Å². The molecular weight excluding hydrogens is 268 g/mol. The van der Waals surface area contributed by atoms with E-state index in [0.29, 0.717) is 13.1 Å². The van der Waals surface area contributed by atoms with Gasteiger partial charge in [-0.05, 0) is 25.5 Å². The highest BCUT2D eigenvalue weighted by Crippen LogP contribution is 2.37. The molecule has 1 saturated heterocycles. The fraction of sp³-hybridized carbons (Fsp3) is 0.636. The molecule has 0 spiro atoms. The van der Waals surface area contributed by atoms with E-state index in [1.807, 2.05) is 6.92 Å². The lowest BCUT2D eigenvalue weighted by molar-refractivity contribution is -0.123. The van der Waals surface area contributed by atoms with Gasteiger partial charge in [-0.25, -0.2) is 9.48 Å². The van der Waals surface area contributed by atoms with Gasteiger partial charge in [0.05, 0.1) is 17.5 Å². The standard InChI is InChI=1S/C11H16N4O3S/c1-11(3-2-6-19-11)10(18)12-4-5-15-7-8(9(16)17)13-14-15/h7H,2-6H2,1H3,(H,12,18)(H,16,17). The van der Waals surface area contributed by atoms with E-state index in [1.165, 1.54) is 10.9 Å². The Hall–Kier alpha value is -1.57. The average molecular weight is 284 g/mol. The Balaban J connectivity index is 1.79. The van der Waals surface area contributed by atoms with E-state index < -0.39 is 5.97 Å². The third-order valence-corrected chi connectivity index (χ3v) is 4.60. The van der Waals surface area contributed by atoms with Crippen LogP contribution < -0.4 is 5.32 Å². The van der Waals surface area contributed by atoms with Crippen LogP contribution in [0, 0.1) is 0 Å². The predicted octanol–water partition coefficient (Wildman–Crippen LogP) is 0.378. The van der Waals surface area contributed by atoms with Crippen LogP contribution in [-0.2, 0) is 11.3 Å². The number of nitrogens with one attached hydrogen (secondary N) is 1. The number of aromatic nitrogens is 3. The molecular formula is C11H16N4O3S. The first-order valence-corrected chi connectivity index (χ1v) is 7.05. The second-order valence-corrected chi connectivity index (χ2v) is 6.21. The molecule has 8 heteroatoms. The average Bonchev–Trinajstić information content (AvgIpc) is 2.99. The number of carboxylic acid groups (broad SMARTS) is 1. The molecule has 1 unspecified atom stereocenters. The number of hydrogen-bond acceptors (Lipinski definition) is 5. The van der Waals surface area contributed by atoms with Crippen LogP contribution in [0.15, 0.2) is 6.20 Å². The summed E-state index contributed by atoms with van der Waals surface area (Å²) in [6.45, 7) is 2.78. The lowest BCUT2D eigenvalue weighted by Gasteiger charge is -2.21. The Labute approximate surface area is 114 Å². The summed E-state index contributed by atoms with van der Waals surface area (Å²) < 4.78 is 1.09. The number of rotatable bonds is 5. The van der Waals surface area contributed by atoms with Gasteiger partial charge < -0.3 is 10.4 Å². The van der Waals surface area contributed by atoms with E-state index >= 15 is 0 Å². The number of carbonyl (C=O) groups is 2. The van der Waals surface area contributed by atoms with Crippen molar-refractivity contribution in [2.24, 2.45) is 0 Å². The first-order valence-electron chi connectivity index (χ1n) is 6.07. The number of hydrogen-bond donors (Lipinski definition) is 2. The van der Waals surface area contributed by atoms with Gasteiger partial charge in [0.25, 0.3) is 0 Å². The molecule has 0 saturated carbocycles. The molecule has 2 rings (SSSR count). The maximum absolute atomic E-state index is 12.0. The van der Waals surface area contributed by atoms with Crippen LogP contribution in [0.25, 0.3) is 0 Å². The zero-order valence-electron chi connectivity index (χ0n) is 10.6. The van der Waals surface area contributed by atoms with Crippen LogP contribution in [0.4, 0.5) is 0 Å². The summed E-state index contributed by atoms with van der Waals surface area (Å²) >= 11 is 1.68. The molecule has 1 amide bonds. The quantitative estimate of drug-likeness (QED) is 0.811. The van der Waals surface area contributed by atoms with Crippen LogP contribution in [-0.4, -0.2) is 49.0 Å². The van der Waals surface area contributed by atoms with Crippen LogP contribution in [0.3, 0.4) is 0 Å². The summed E-state index contributed by atoms with van der Waals surface area (Å²) in [4.78, 5) is 22.6. The Morgan fingerprint density at radius 2 is 2.42 bits per heavy atom. The van der Waals surface area contributed by atoms with Crippen molar-refractivity contribution in [2.45, 2.75) is 31.1 Å². The first kappa shape index (κ1) is 13.9. The number of carboxylic acids is 1. The Morgan fingerprint density at radius 1 is 1.63 bits per heavy atom. The Bertz CT molecular complexity index is 482. The summed E-state index contributed by atoms with van der Waals surface area (Å²) in [5, 5.41) is 18.7. The van der Waals surface area contributed by atoms with Crippen LogP contribution in [0.5, 0.6) is 0 Å². The fourth-order valence-corrected chi connectivity index (χ4v) is 3.17. The lowest BCUT2D eigenvalue weighted by atomic mass is 10.1. The molecule has 2 heterocycles. The summed E-state index contributed by atoms with van der Waals surface area (Å²) in [5.74, 6) is -0.0478. The van der Waals surface area contributed by atoms with Gasteiger partial charge in [-0.1, -0.05) is 5.21 Å². The first-order chi connectivity index (χ1) is 9.01. The van der Waals surface area contributed by atoms with Crippen LogP contribution >= 0.6 is 11.8 Å². The minimum Gasteiger partial charge on any atom is -0.476 e. The maximum atomic E-state index is 12.0. The molecule has 0 aliphatic carbocycles. The van der Waals surface area contributed by atoms with Gasteiger partial charge in [-0.15, -0.1) is 16.9 Å². The van der Waals surface area contributed by atoms with Crippen molar-refractivity contribution in [3.8, 4) is 0 Å².